The maximum atomic E-state index is 12.2. The lowest BCUT2D eigenvalue weighted by molar-refractivity contribution is -0.129. The van der Waals surface area contributed by atoms with E-state index in [4.69, 9.17) is 0 Å². The van der Waals surface area contributed by atoms with Gasteiger partial charge in [-0.3, -0.25) is 34.4 Å². The van der Waals surface area contributed by atoms with E-state index in [2.05, 4.69) is 5.10 Å². The zero-order valence-electron chi connectivity index (χ0n) is 13.0. The molecule has 0 unspecified atom stereocenters. The number of hydrogen-bond acceptors (Lipinski definition) is 4. The molecule has 8 heteroatoms. The zero-order chi connectivity index (χ0) is 17.4. The van der Waals surface area contributed by atoms with E-state index in [1.165, 1.54) is 13.1 Å². The van der Waals surface area contributed by atoms with Gasteiger partial charge < -0.3 is 0 Å². The summed E-state index contributed by atoms with van der Waals surface area (Å²) in [7, 11) is 1.25. The number of nitrogens with one attached hydrogen (secondary N) is 2. The molecule has 0 saturated carbocycles. The van der Waals surface area contributed by atoms with E-state index < -0.39 is 23.4 Å². The number of imide groups is 2. The highest BCUT2D eigenvalue weighted by Gasteiger charge is 2.33. The number of para-hydroxylation sites is 1. The van der Waals surface area contributed by atoms with Crippen LogP contribution in [0.4, 0.5) is 4.79 Å². The van der Waals surface area contributed by atoms with E-state index in [9.17, 15) is 19.2 Å². The molecular formula is C16H14N4O4. The van der Waals surface area contributed by atoms with Crippen LogP contribution in [0.1, 0.15) is 11.3 Å². The maximum Gasteiger partial charge on any atom is 0.331 e. The molecule has 1 saturated heterocycles. The fourth-order valence-corrected chi connectivity index (χ4v) is 2.43. The van der Waals surface area contributed by atoms with Crippen LogP contribution < -0.4 is 10.9 Å². The minimum atomic E-state index is -0.825. The molecule has 8 nitrogen and oxygen atoms in total. The number of carbonyl (C=O) groups excluding carboxylic acids is 3. The summed E-state index contributed by atoms with van der Waals surface area (Å²) in [5.74, 6) is -1.58. The van der Waals surface area contributed by atoms with Crippen molar-refractivity contribution in [3.05, 3.63) is 57.5 Å². The summed E-state index contributed by atoms with van der Waals surface area (Å²) in [6.45, 7) is 1.69. The summed E-state index contributed by atoms with van der Waals surface area (Å²) in [6.07, 6.45) is 1.20. The van der Waals surface area contributed by atoms with E-state index in [1.54, 1.807) is 11.6 Å². The van der Waals surface area contributed by atoms with Crippen molar-refractivity contribution in [2.45, 2.75) is 6.92 Å². The van der Waals surface area contributed by atoms with E-state index >= 15 is 0 Å². The number of urea groups is 1. The molecule has 0 radical (unpaired) electrons. The normalized spacial score (nSPS) is 16.7. The third kappa shape index (κ3) is 2.43. The number of aromatic nitrogens is 2. The Kier molecular flexibility index (Phi) is 3.64. The largest absolute Gasteiger partial charge is 0.331 e. The van der Waals surface area contributed by atoms with Gasteiger partial charge >= 0.3 is 6.03 Å². The quantitative estimate of drug-likeness (QED) is 0.621. The van der Waals surface area contributed by atoms with E-state index in [1.807, 2.05) is 35.6 Å². The Morgan fingerprint density at radius 2 is 1.71 bits per heavy atom. The van der Waals surface area contributed by atoms with Gasteiger partial charge in [-0.1, -0.05) is 18.2 Å². The third-order valence-electron chi connectivity index (χ3n) is 3.79. The first-order valence-electron chi connectivity index (χ1n) is 7.12. The lowest BCUT2D eigenvalue weighted by atomic mass is 10.1. The summed E-state index contributed by atoms with van der Waals surface area (Å²) in [5.41, 5.74) is 0.753. The molecule has 1 aromatic heterocycles. The van der Waals surface area contributed by atoms with Gasteiger partial charge in [0.15, 0.2) is 0 Å². The fraction of sp³-hybridized carbons (Fsp3) is 0.125. The molecule has 1 fully saturated rings. The molecule has 1 aliphatic rings. The van der Waals surface area contributed by atoms with E-state index in [-0.39, 0.29) is 11.1 Å². The average molecular weight is 326 g/mol. The highest BCUT2D eigenvalue weighted by Crippen LogP contribution is 2.16. The van der Waals surface area contributed by atoms with Crippen LogP contribution in [-0.2, 0) is 9.59 Å². The van der Waals surface area contributed by atoms with E-state index in [0.29, 0.717) is 5.69 Å². The Morgan fingerprint density at radius 3 is 2.38 bits per heavy atom. The summed E-state index contributed by atoms with van der Waals surface area (Å²) in [5, 5.41) is 4.71. The minimum absolute atomic E-state index is 0.181. The molecule has 24 heavy (non-hydrogen) atoms. The van der Waals surface area contributed by atoms with Crippen LogP contribution in [-0.4, -0.2) is 39.6 Å². The molecule has 0 aliphatic carbocycles. The highest BCUT2D eigenvalue weighted by atomic mass is 16.2. The van der Waals surface area contributed by atoms with Crippen molar-refractivity contribution in [3.63, 3.8) is 0 Å². The SMILES string of the molecule is Cc1c(/C=C2\C(=O)NC(=O)N(C)C2=O)c(=O)[nH]n1-c1ccccc1. The number of benzene rings is 1. The Bertz CT molecular complexity index is 937. The second-order valence-corrected chi connectivity index (χ2v) is 5.29. The summed E-state index contributed by atoms with van der Waals surface area (Å²) < 4.78 is 1.56. The zero-order valence-corrected chi connectivity index (χ0v) is 13.0. The van der Waals surface area contributed by atoms with Crippen molar-refractivity contribution < 1.29 is 14.4 Å². The number of nitrogens with zero attached hydrogens (tertiary/aromatic N) is 2. The minimum Gasteiger partial charge on any atom is -0.273 e. The Labute approximate surface area is 136 Å². The van der Waals surface area contributed by atoms with Crippen LogP contribution >= 0.6 is 0 Å². The lowest BCUT2D eigenvalue weighted by Gasteiger charge is -2.22. The molecule has 0 atom stereocenters. The average Bonchev–Trinajstić information content (AvgIpc) is 2.85. The number of aromatic amines is 1. The van der Waals surface area contributed by atoms with Crippen LogP contribution in [0.3, 0.4) is 0 Å². The van der Waals surface area contributed by atoms with Gasteiger partial charge in [-0.05, 0) is 25.1 Å². The Hall–Kier alpha value is -3.42. The number of carbonyl (C=O) groups is 3. The second kappa shape index (κ2) is 5.65. The lowest BCUT2D eigenvalue weighted by Crippen LogP contribution is -2.52. The third-order valence-corrected chi connectivity index (χ3v) is 3.79. The number of hydrogen-bond donors (Lipinski definition) is 2. The number of amides is 4. The molecule has 2 aromatic rings. The van der Waals surface area contributed by atoms with Gasteiger partial charge in [0.2, 0.25) is 0 Å². The first kappa shape index (κ1) is 15.5. The second-order valence-electron chi connectivity index (χ2n) is 5.29. The predicted molar refractivity (Wildman–Crippen MR) is 85.4 cm³/mol. The fourth-order valence-electron chi connectivity index (χ4n) is 2.43. The van der Waals surface area contributed by atoms with Crippen molar-refractivity contribution in [3.8, 4) is 5.69 Å². The van der Waals surface area contributed by atoms with Crippen molar-refractivity contribution in [1.82, 2.24) is 20.0 Å². The summed E-state index contributed by atoms with van der Waals surface area (Å²) in [6, 6.07) is 8.32. The molecule has 0 bridgehead atoms. The molecule has 3 rings (SSSR count). The smallest absolute Gasteiger partial charge is 0.273 e. The number of barbiturate groups is 1. The summed E-state index contributed by atoms with van der Waals surface area (Å²) >= 11 is 0. The number of rotatable bonds is 2. The first-order chi connectivity index (χ1) is 11.4. The Morgan fingerprint density at radius 1 is 1.04 bits per heavy atom. The van der Waals surface area contributed by atoms with Crippen LogP contribution in [0.15, 0.2) is 40.7 Å². The topological polar surface area (TPSA) is 104 Å². The molecule has 1 aromatic carbocycles. The van der Waals surface area contributed by atoms with Crippen LogP contribution in [0.25, 0.3) is 11.8 Å². The van der Waals surface area contributed by atoms with Gasteiger partial charge in [0.1, 0.15) is 5.57 Å². The van der Waals surface area contributed by atoms with Gasteiger partial charge in [0, 0.05) is 7.05 Å². The Balaban J connectivity index is 2.10. The highest BCUT2D eigenvalue weighted by molar-refractivity contribution is 6.30. The van der Waals surface area contributed by atoms with Crippen LogP contribution in [0.2, 0.25) is 0 Å². The van der Waals surface area contributed by atoms with Crippen LogP contribution in [0, 0.1) is 6.92 Å². The van der Waals surface area contributed by atoms with Crippen molar-refractivity contribution in [1.29, 1.82) is 0 Å². The van der Waals surface area contributed by atoms with Gasteiger partial charge in [-0.15, -0.1) is 0 Å². The molecule has 2 N–H and O–H groups in total. The van der Waals surface area contributed by atoms with Gasteiger partial charge in [-0.2, -0.15) is 0 Å². The van der Waals surface area contributed by atoms with Crippen molar-refractivity contribution in [2.75, 3.05) is 7.05 Å². The maximum absolute atomic E-state index is 12.2. The van der Waals surface area contributed by atoms with E-state index in [0.717, 1.165) is 10.6 Å². The van der Waals surface area contributed by atoms with Gasteiger partial charge in [0.25, 0.3) is 17.4 Å². The molecule has 2 heterocycles. The summed E-state index contributed by atoms with van der Waals surface area (Å²) in [4.78, 5) is 48.4. The molecule has 4 amide bonds. The molecule has 1 aliphatic heterocycles. The molecule has 0 spiro atoms. The van der Waals surface area contributed by atoms with Gasteiger partial charge in [0.05, 0.1) is 16.9 Å². The van der Waals surface area contributed by atoms with Gasteiger partial charge in [-0.25, -0.2) is 4.79 Å². The number of likely N-dealkylation sites (N-methyl/N-ethyl adjacent to an activating group) is 1. The first-order valence-corrected chi connectivity index (χ1v) is 7.12. The number of H-pyrrole nitrogens is 1. The van der Waals surface area contributed by atoms with Crippen molar-refractivity contribution in [2.24, 2.45) is 0 Å². The van der Waals surface area contributed by atoms with Crippen LogP contribution in [0.5, 0.6) is 0 Å². The monoisotopic (exact) mass is 326 g/mol. The predicted octanol–water partition coefficient (Wildman–Crippen LogP) is 0.566. The molecular weight excluding hydrogens is 312 g/mol. The van der Waals surface area contributed by atoms with Crippen molar-refractivity contribution >= 4 is 23.9 Å². The standard InChI is InChI=1S/C16H14N4O4/c1-9-11(8-12-13(21)17-16(24)19(2)15(12)23)14(22)18-20(9)10-6-4-3-5-7-10/h3-8H,1-2H3,(H,18,22)(H,17,21,24)/b12-8+. The molecule has 122 valence electrons.